The summed E-state index contributed by atoms with van der Waals surface area (Å²) in [5.41, 5.74) is 0. The van der Waals surface area contributed by atoms with Crippen molar-refractivity contribution in [3.8, 4) is 0 Å². The van der Waals surface area contributed by atoms with Crippen molar-refractivity contribution in [3.05, 3.63) is 0 Å². The van der Waals surface area contributed by atoms with Crippen LogP contribution in [0, 0.1) is 5.92 Å². The van der Waals surface area contributed by atoms with Gasteiger partial charge in [-0.3, -0.25) is 4.79 Å². The minimum Gasteiger partial charge on any atom is -0.338 e. The van der Waals surface area contributed by atoms with Crippen molar-refractivity contribution < 1.29 is 4.79 Å². The fraction of sp³-hybridized carbons (Fsp3) is 0.909. The first-order valence-corrected chi connectivity index (χ1v) is 5.77. The van der Waals surface area contributed by atoms with Gasteiger partial charge < -0.3 is 10.2 Å². The second-order valence-corrected chi connectivity index (χ2v) is 4.52. The van der Waals surface area contributed by atoms with Gasteiger partial charge in [0.25, 0.3) is 0 Å². The molecule has 1 saturated carbocycles. The summed E-state index contributed by atoms with van der Waals surface area (Å²) < 4.78 is 0. The third-order valence-electron chi connectivity index (χ3n) is 3.64. The Kier molecular flexibility index (Phi) is 3.06. The van der Waals surface area contributed by atoms with Crippen molar-refractivity contribution in [2.24, 2.45) is 5.92 Å². The summed E-state index contributed by atoms with van der Waals surface area (Å²) in [5, 5.41) is 2.95. The Labute approximate surface area is 85.8 Å². The van der Waals surface area contributed by atoms with Crippen LogP contribution in [-0.2, 0) is 4.79 Å². The molecular formula is C11H20N2O. The number of nitrogens with zero attached hydrogens (tertiary/aromatic N) is 1. The molecule has 2 aliphatic rings. The van der Waals surface area contributed by atoms with Crippen molar-refractivity contribution in [3.63, 3.8) is 0 Å². The average Bonchev–Trinajstić information content (AvgIpc) is 2.65. The standard InChI is InChI=1S/C11H20N2O/c1-12-8-11(14)13-7-3-5-9-4-2-6-10(9)13/h9-10,12H,2-8H2,1H3. The number of hydrogen-bond acceptors (Lipinski definition) is 2. The van der Waals surface area contributed by atoms with E-state index in [9.17, 15) is 4.79 Å². The molecule has 1 N–H and O–H groups in total. The average molecular weight is 196 g/mol. The number of fused-ring (bicyclic) bond motifs is 1. The van der Waals surface area contributed by atoms with Crippen LogP contribution in [0.3, 0.4) is 0 Å². The number of nitrogens with one attached hydrogen (secondary N) is 1. The minimum absolute atomic E-state index is 0.295. The third-order valence-corrected chi connectivity index (χ3v) is 3.64. The lowest BCUT2D eigenvalue weighted by molar-refractivity contribution is -0.134. The highest BCUT2D eigenvalue weighted by Crippen LogP contribution is 2.36. The van der Waals surface area contributed by atoms with E-state index in [2.05, 4.69) is 10.2 Å². The molecule has 1 heterocycles. The van der Waals surface area contributed by atoms with Gasteiger partial charge in [0.1, 0.15) is 0 Å². The molecule has 1 amide bonds. The molecule has 1 aliphatic carbocycles. The molecule has 0 bridgehead atoms. The Morgan fingerprint density at radius 3 is 2.93 bits per heavy atom. The van der Waals surface area contributed by atoms with Gasteiger partial charge in [0.2, 0.25) is 5.91 Å². The second-order valence-electron chi connectivity index (χ2n) is 4.52. The lowest BCUT2D eigenvalue weighted by Crippen LogP contribution is -2.48. The lowest BCUT2D eigenvalue weighted by atomic mass is 9.92. The van der Waals surface area contributed by atoms with Gasteiger partial charge in [-0.05, 0) is 38.6 Å². The van der Waals surface area contributed by atoms with Crippen LogP contribution in [0.4, 0.5) is 0 Å². The molecule has 2 atom stereocenters. The fourth-order valence-corrected chi connectivity index (χ4v) is 3.02. The lowest BCUT2D eigenvalue weighted by Gasteiger charge is -2.37. The van der Waals surface area contributed by atoms with Crippen molar-refractivity contribution >= 4 is 5.91 Å². The maximum atomic E-state index is 11.8. The number of amides is 1. The van der Waals surface area contributed by atoms with E-state index in [0.717, 1.165) is 12.5 Å². The van der Waals surface area contributed by atoms with E-state index >= 15 is 0 Å². The molecule has 2 fully saturated rings. The van der Waals surface area contributed by atoms with Crippen LogP contribution in [0.2, 0.25) is 0 Å². The first-order chi connectivity index (χ1) is 6.83. The van der Waals surface area contributed by atoms with Crippen LogP contribution >= 0.6 is 0 Å². The molecule has 0 aromatic carbocycles. The maximum absolute atomic E-state index is 11.8. The van der Waals surface area contributed by atoms with Gasteiger partial charge in [-0.2, -0.15) is 0 Å². The van der Waals surface area contributed by atoms with Gasteiger partial charge in [0, 0.05) is 12.6 Å². The Morgan fingerprint density at radius 1 is 1.36 bits per heavy atom. The molecular weight excluding hydrogens is 176 g/mol. The minimum atomic E-state index is 0.295. The molecule has 14 heavy (non-hydrogen) atoms. The predicted molar refractivity (Wildman–Crippen MR) is 56.0 cm³/mol. The molecule has 3 heteroatoms. The summed E-state index contributed by atoms with van der Waals surface area (Å²) in [6.45, 7) is 1.49. The quantitative estimate of drug-likeness (QED) is 0.714. The van der Waals surface area contributed by atoms with E-state index in [1.165, 1.54) is 32.1 Å². The Hall–Kier alpha value is -0.570. The number of likely N-dealkylation sites (tertiary alicyclic amines) is 1. The van der Waals surface area contributed by atoms with E-state index in [-0.39, 0.29) is 0 Å². The van der Waals surface area contributed by atoms with E-state index in [1.807, 2.05) is 7.05 Å². The Bertz CT molecular complexity index is 217. The zero-order valence-corrected chi connectivity index (χ0v) is 8.96. The molecule has 80 valence electrons. The van der Waals surface area contributed by atoms with Gasteiger partial charge >= 0.3 is 0 Å². The summed E-state index contributed by atoms with van der Waals surface area (Å²) in [4.78, 5) is 13.9. The molecule has 1 aliphatic heterocycles. The first kappa shape index (κ1) is 9.97. The van der Waals surface area contributed by atoms with Crippen molar-refractivity contribution in [1.29, 1.82) is 0 Å². The normalized spacial score (nSPS) is 31.6. The summed E-state index contributed by atoms with van der Waals surface area (Å²) in [6, 6.07) is 0.574. The third kappa shape index (κ3) is 1.78. The van der Waals surface area contributed by atoms with Gasteiger partial charge in [-0.25, -0.2) is 0 Å². The van der Waals surface area contributed by atoms with E-state index in [1.54, 1.807) is 0 Å². The summed E-state index contributed by atoms with van der Waals surface area (Å²) in [5.74, 6) is 1.11. The molecule has 0 aromatic rings. The summed E-state index contributed by atoms with van der Waals surface area (Å²) in [6.07, 6.45) is 6.44. The number of carbonyl (C=O) groups excluding carboxylic acids is 1. The topological polar surface area (TPSA) is 32.3 Å². The van der Waals surface area contributed by atoms with Crippen LogP contribution in [0.15, 0.2) is 0 Å². The Balaban J connectivity index is 1.99. The van der Waals surface area contributed by atoms with E-state index in [0.29, 0.717) is 18.5 Å². The Morgan fingerprint density at radius 2 is 2.14 bits per heavy atom. The zero-order valence-electron chi connectivity index (χ0n) is 8.96. The molecule has 0 aromatic heterocycles. The molecule has 0 spiro atoms. The number of hydrogen-bond donors (Lipinski definition) is 1. The van der Waals surface area contributed by atoms with Gasteiger partial charge in [0.05, 0.1) is 6.54 Å². The number of piperidine rings is 1. The molecule has 2 unspecified atom stereocenters. The maximum Gasteiger partial charge on any atom is 0.236 e. The molecule has 2 rings (SSSR count). The smallest absolute Gasteiger partial charge is 0.236 e. The largest absolute Gasteiger partial charge is 0.338 e. The van der Waals surface area contributed by atoms with Crippen molar-refractivity contribution in [2.75, 3.05) is 20.1 Å². The fourth-order valence-electron chi connectivity index (χ4n) is 3.02. The van der Waals surface area contributed by atoms with Crippen molar-refractivity contribution in [2.45, 2.75) is 38.1 Å². The molecule has 0 radical (unpaired) electrons. The second kappa shape index (κ2) is 4.30. The van der Waals surface area contributed by atoms with Gasteiger partial charge in [0.15, 0.2) is 0 Å². The molecule has 3 nitrogen and oxygen atoms in total. The highest BCUT2D eigenvalue weighted by Gasteiger charge is 2.36. The first-order valence-electron chi connectivity index (χ1n) is 5.77. The van der Waals surface area contributed by atoms with E-state index in [4.69, 9.17) is 0 Å². The SMILES string of the molecule is CNCC(=O)N1CCCC2CCCC21. The number of carbonyl (C=O) groups is 1. The number of likely N-dealkylation sites (N-methyl/N-ethyl adjacent to an activating group) is 1. The molecule has 1 saturated heterocycles. The van der Waals surface area contributed by atoms with Crippen LogP contribution in [-0.4, -0.2) is 37.0 Å². The highest BCUT2D eigenvalue weighted by molar-refractivity contribution is 5.78. The zero-order chi connectivity index (χ0) is 9.97. The van der Waals surface area contributed by atoms with Crippen molar-refractivity contribution in [1.82, 2.24) is 10.2 Å². The van der Waals surface area contributed by atoms with E-state index < -0.39 is 0 Å². The monoisotopic (exact) mass is 196 g/mol. The summed E-state index contributed by atoms with van der Waals surface area (Å²) in [7, 11) is 1.84. The van der Waals surface area contributed by atoms with Crippen LogP contribution in [0.25, 0.3) is 0 Å². The highest BCUT2D eigenvalue weighted by atomic mass is 16.2. The number of rotatable bonds is 2. The predicted octanol–water partition coefficient (Wildman–Crippen LogP) is 0.997. The summed E-state index contributed by atoms with van der Waals surface area (Å²) >= 11 is 0. The van der Waals surface area contributed by atoms with Crippen LogP contribution < -0.4 is 5.32 Å². The van der Waals surface area contributed by atoms with Gasteiger partial charge in [-0.15, -0.1) is 0 Å². The van der Waals surface area contributed by atoms with Gasteiger partial charge in [-0.1, -0.05) is 6.42 Å². The van der Waals surface area contributed by atoms with Crippen LogP contribution in [0.5, 0.6) is 0 Å². The van der Waals surface area contributed by atoms with Crippen LogP contribution in [0.1, 0.15) is 32.1 Å².